The van der Waals surface area contributed by atoms with Gasteiger partial charge in [-0.15, -0.1) is 0 Å². The first kappa shape index (κ1) is 18.7. The van der Waals surface area contributed by atoms with Gasteiger partial charge in [-0.05, 0) is 86.8 Å². The van der Waals surface area contributed by atoms with Gasteiger partial charge in [0, 0.05) is 11.6 Å². The molecular formula is C20H28N2O4S. The van der Waals surface area contributed by atoms with Crippen molar-refractivity contribution in [2.45, 2.75) is 56.4 Å². The third kappa shape index (κ3) is 3.36. The van der Waals surface area contributed by atoms with Gasteiger partial charge in [-0.2, -0.15) is 0 Å². The Balaban J connectivity index is 1.54. The summed E-state index contributed by atoms with van der Waals surface area (Å²) in [5, 5.41) is 8.42. The molecule has 0 heterocycles. The molecule has 1 aromatic rings. The van der Waals surface area contributed by atoms with E-state index in [1.54, 1.807) is 6.07 Å². The highest BCUT2D eigenvalue weighted by molar-refractivity contribution is 7.89. The molecule has 6 nitrogen and oxygen atoms in total. The summed E-state index contributed by atoms with van der Waals surface area (Å²) in [5.74, 6) is 2.32. The van der Waals surface area contributed by atoms with Gasteiger partial charge in [0.05, 0.1) is 7.11 Å². The molecule has 5 rings (SSSR count). The normalized spacial score (nSPS) is 32.9. The van der Waals surface area contributed by atoms with Crippen LogP contribution in [0.4, 0.5) is 0 Å². The Labute approximate surface area is 160 Å². The molecule has 1 aromatic carbocycles. The van der Waals surface area contributed by atoms with E-state index in [9.17, 15) is 13.2 Å². The van der Waals surface area contributed by atoms with Crippen LogP contribution in [-0.2, 0) is 10.0 Å². The number of rotatable bonds is 5. The second-order valence-electron chi connectivity index (χ2n) is 8.89. The minimum Gasteiger partial charge on any atom is -0.495 e. The molecule has 7 heteroatoms. The maximum atomic E-state index is 12.8. The molecule has 1 atom stereocenters. The van der Waals surface area contributed by atoms with Crippen molar-refractivity contribution in [3.63, 3.8) is 0 Å². The molecule has 0 aromatic heterocycles. The molecule has 0 radical (unpaired) electrons. The number of carbonyl (C=O) groups is 1. The van der Waals surface area contributed by atoms with Crippen molar-refractivity contribution in [2.75, 3.05) is 7.11 Å². The number of methoxy groups -OCH3 is 1. The zero-order chi connectivity index (χ0) is 19.4. The number of ether oxygens (including phenoxy) is 1. The maximum absolute atomic E-state index is 12.8. The van der Waals surface area contributed by atoms with Gasteiger partial charge in [-0.3, -0.25) is 4.79 Å². The second-order valence-corrected chi connectivity index (χ2v) is 10.4. The molecular weight excluding hydrogens is 364 g/mol. The molecule has 0 aliphatic heterocycles. The average molecular weight is 393 g/mol. The lowest BCUT2D eigenvalue weighted by molar-refractivity contribution is -0.0688. The van der Waals surface area contributed by atoms with Crippen LogP contribution in [0.3, 0.4) is 0 Å². The summed E-state index contributed by atoms with van der Waals surface area (Å²) in [6.45, 7) is 2.11. The first-order valence-electron chi connectivity index (χ1n) is 9.72. The largest absolute Gasteiger partial charge is 0.495 e. The van der Waals surface area contributed by atoms with E-state index in [2.05, 4.69) is 12.2 Å². The van der Waals surface area contributed by atoms with Gasteiger partial charge in [-0.1, -0.05) is 0 Å². The number of primary sulfonamides is 1. The van der Waals surface area contributed by atoms with Crippen LogP contribution < -0.4 is 15.2 Å². The van der Waals surface area contributed by atoms with Crippen LogP contribution >= 0.6 is 0 Å². The lowest BCUT2D eigenvalue weighted by Gasteiger charge is -2.59. The number of benzene rings is 1. The van der Waals surface area contributed by atoms with Crippen molar-refractivity contribution in [1.29, 1.82) is 0 Å². The molecule has 148 valence electrons. The van der Waals surface area contributed by atoms with E-state index in [4.69, 9.17) is 9.88 Å². The second kappa shape index (κ2) is 6.48. The SMILES string of the molecule is COc1ccc(C(=O)NC(C)C23CC4CC(CC(C4)C2)C3)cc1S(N)(=O)=O. The Hall–Kier alpha value is -1.60. The highest BCUT2D eigenvalue weighted by Crippen LogP contribution is 2.61. The van der Waals surface area contributed by atoms with Gasteiger partial charge in [0.1, 0.15) is 10.6 Å². The van der Waals surface area contributed by atoms with Gasteiger partial charge < -0.3 is 10.1 Å². The van der Waals surface area contributed by atoms with Crippen LogP contribution in [0.5, 0.6) is 5.75 Å². The summed E-state index contributed by atoms with van der Waals surface area (Å²) in [7, 11) is -2.60. The van der Waals surface area contributed by atoms with Crippen molar-refractivity contribution in [2.24, 2.45) is 28.3 Å². The van der Waals surface area contributed by atoms with Gasteiger partial charge in [0.15, 0.2) is 0 Å². The highest BCUT2D eigenvalue weighted by atomic mass is 32.2. The summed E-state index contributed by atoms with van der Waals surface area (Å²) < 4.78 is 28.7. The van der Waals surface area contributed by atoms with E-state index in [-0.39, 0.29) is 33.6 Å². The minimum absolute atomic E-state index is 0.0680. The first-order chi connectivity index (χ1) is 12.7. The standard InChI is InChI=1S/C20H28N2O4S/c1-12(20-9-13-5-14(10-20)7-15(6-13)11-20)22-19(23)16-3-4-17(26-2)18(8-16)27(21,24)25/h3-4,8,12-15H,5-7,9-11H2,1-2H3,(H,22,23)(H2,21,24,25). The molecule has 4 bridgehead atoms. The van der Waals surface area contributed by atoms with Crippen LogP contribution in [0.25, 0.3) is 0 Å². The number of hydrogen-bond donors (Lipinski definition) is 2. The molecule has 4 saturated carbocycles. The summed E-state index contributed by atoms with van der Waals surface area (Å²) in [6.07, 6.45) is 7.67. The van der Waals surface area contributed by atoms with Gasteiger partial charge >= 0.3 is 0 Å². The lowest BCUT2D eigenvalue weighted by Crippen LogP contribution is -2.55. The monoisotopic (exact) mass is 392 g/mol. The lowest BCUT2D eigenvalue weighted by atomic mass is 9.48. The number of nitrogens with two attached hydrogens (primary N) is 1. The first-order valence-corrected chi connectivity index (χ1v) is 11.3. The van der Waals surface area contributed by atoms with Crippen molar-refractivity contribution in [3.8, 4) is 5.75 Å². The zero-order valence-electron chi connectivity index (χ0n) is 15.9. The maximum Gasteiger partial charge on any atom is 0.251 e. The predicted octanol–water partition coefficient (Wildman–Crippen LogP) is 2.68. The van der Waals surface area contributed by atoms with Crippen molar-refractivity contribution >= 4 is 15.9 Å². The summed E-state index contributed by atoms with van der Waals surface area (Å²) in [4.78, 5) is 12.7. The molecule has 4 aliphatic rings. The Morgan fingerprint density at radius 3 is 2.22 bits per heavy atom. The summed E-state index contributed by atoms with van der Waals surface area (Å²) in [6, 6.07) is 4.42. The van der Waals surface area contributed by atoms with Crippen molar-refractivity contribution < 1.29 is 17.9 Å². The topological polar surface area (TPSA) is 98.5 Å². The highest BCUT2D eigenvalue weighted by Gasteiger charge is 2.53. The van der Waals surface area contributed by atoms with E-state index < -0.39 is 10.0 Å². The molecule has 3 N–H and O–H groups in total. The third-order valence-corrected chi connectivity index (χ3v) is 8.02. The zero-order valence-corrected chi connectivity index (χ0v) is 16.7. The Kier molecular flexibility index (Phi) is 4.50. The van der Waals surface area contributed by atoms with Crippen LogP contribution in [0, 0.1) is 23.2 Å². The fraction of sp³-hybridized carbons (Fsp3) is 0.650. The molecule has 1 unspecified atom stereocenters. The predicted molar refractivity (Wildman–Crippen MR) is 102 cm³/mol. The quantitative estimate of drug-likeness (QED) is 0.805. The smallest absolute Gasteiger partial charge is 0.251 e. The average Bonchev–Trinajstić information content (AvgIpc) is 2.59. The molecule has 27 heavy (non-hydrogen) atoms. The van der Waals surface area contributed by atoms with Crippen LogP contribution in [-0.4, -0.2) is 27.5 Å². The van der Waals surface area contributed by atoms with Crippen molar-refractivity contribution in [3.05, 3.63) is 23.8 Å². The van der Waals surface area contributed by atoms with E-state index in [0.29, 0.717) is 0 Å². The number of sulfonamides is 1. The van der Waals surface area contributed by atoms with Crippen LogP contribution in [0.1, 0.15) is 55.8 Å². The van der Waals surface area contributed by atoms with E-state index in [1.165, 1.54) is 57.8 Å². The Morgan fingerprint density at radius 1 is 1.19 bits per heavy atom. The third-order valence-electron chi connectivity index (χ3n) is 7.08. The Bertz CT molecular complexity index is 829. The number of hydrogen-bond acceptors (Lipinski definition) is 4. The summed E-state index contributed by atoms with van der Waals surface area (Å²) >= 11 is 0. The minimum atomic E-state index is -3.97. The van der Waals surface area contributed by atoms with Crippen LogP contribution in [0.2, 0.25) is 0 Å². The van der Waals surface area contributed by atoms with Gasteiger partial charge in [0.2, 0.25) is 10.0 Å². The fourth-order valence-electron chi connectivity index (χ4n) is 6.18. The van der Waals surface area contributed by atoms with Crippen LogP contribution in [0.15, 0.2) is 23.1 Å². The van der Waals surface area contributed by atoms with Gasteiger partial charge in [0.25, 0.3) is 5.91 Å². The number of amides is 1. The number of nitrogens with one attached hydrogen (secondary N) is 1. The van der Waals surface area contributed by atoms with E-state index >= 15 is 0 Å². The molecule has 4 aliphatic carbocycles. The van der Waals surface area contributed by atoms with E-state index in [0.717, 1.165) is 17.8 Å². The van der Waals surface area contributed by atoms with E-state index in [1.807, 2.05) is 0 Å². The molecule has 4 fully saturated rings. The van der Waals surface area contributed by atoms with Gasteiger partial charge in [-0.25, -0.2) is 13.6 Å². The molecule has 0 spiro atoms. The van der Waals surface area contributed by atoms with Crippen molar-refractivity contribution in [1.82, 2.24) is 5.32 Å². The molecule has 0 saturated heterocycles. The Morgan fingerprint density at radius 2 is 1.74 bits per heavy atom. The summed E-state index contributed by atoms with van der Waals surface area (Å²) in [5.41, 5.74) is 0.482. The fourth-order valence-corrected chi connectivity index (χ4v) is 6.90. The molecule has 1 amide bonds. The number of carbonyl (C=O) groups excluding carboxylic acids is 1.